The monoisotopic (exact) mass is 727 g/mol. The van der Waals surface area contributed by atoms with E-state index < -0.39 is 24.0 Å². The maximum absolute atomic E-state index is 15.1. The Morgan fingerprint density at radius 2 is 1.69 bits per heavy atom. The van der Waals surface area contributed by atoms with Crippen LogP contribution in [0.1, 0.15) is 57.5 Å². The van der Waals surface area contributed by atoms with E-state index in [9.17, 15) is 9.59 Å². The smallest absolute Gasteiger partial charge is 0.414 e. The van der Waals surface area contributed by atoms with Gasteiger partial charge in [-0.15, -0.1) is 11.3 Å². The van der Waals surface area contributed by atoms with Crippen molar-refractivity contribution in [3.8, 4) is 11.5 Å². The molecule has 13 heteroatoms. The number of piperidine rings is 1. The van der Waals surface area contributed by atoms with E-state index in [4.69, 9.17) is 42.1 Å². The first kappa shape index (κ1) is 34.9. The van der Waals surface area contributed by atoms with Gasteiger partial charge in [0.2, 0.25) is 0 Å². The van der Waals surface area contributed by atoms with Gasteiger partial charge in [0, 0.05) is 48.6 Å². The molecule has 2 fully saturated rings. The highest BCUT2D eigenvalue weighted by Crippen LogP contribution is 2.38. The van der Waals surface area contributed by atoms with Crippen LogP contribution in [0.3, 0.4) is 0 Å². The summed E-state index contributed by atoms with van der Waals surface area (Å²) >= 11 is 14.0. The molecule has 258 valence electrons. The molecule has 2 aliphatic rings. The van der Waals surface area contributed by atoms with E-state index in [1.165, 1.54) is 37.6 Å². The van der Waals surface area contributed by atoms with Crippen LogP contribution in [-0.2, 0) is 22.4 Å². The molecule has 2 aromatic heterocycles. The highest BCUT2D eigenvalue weighted by Gasteiger charge is 2.40. The first-order chi connectivity index (χ1) is 23.6. The van der Waals surface area contributed by atoms with Gasteiger partial charge in [-0.25, -0.2) is 14.0 Å². The van der Waals surface area contributed by atoms with Gasteiger partial charge in [-0.1, -0.05) is 41.4 Å². The maximum Gasteiger partial charge on any atom is 0.414 e. The Hall–Kier alpha value is -3.90. The third-order valence-corrected chi connectivity index (χ3v) is 10.9. The first-order valence-corrected chi connectivity index (χ1v) is 17.5. The topological polar surface area (TPSA) is 90.4 Å². The van der Waals surface area contributed by atoms with Crippen LogP contribution in [0.4, 0.5) is 14.9 Å². The molecule has 0 saturated carbocycles. The standard InChI is InChI=1S/C36H36Cl2FN3O6S/c1-41-22-9-10-23(41)16-24(15-22)47-36(44)42(30-7-5-4-6-29(30)39)20-25-11-13-34(49-25)35(43)48-32(17-26-27(37)18-40-19-28(26)38)21-8-12-31(45-2)33(14-21)46-3/h4-8,11-14,18-19,22-24,32H,9-10,15-17,20H2,1-3H3/t22-,23+,24+,32-/m0/s1. The lowest BCUT2D eigenvalue weighted by Gasteiger charge is -2.36. The Morgan fingerprint density at radius 3 is 2.37 bits per heavy atom. The number of methoxy groups -OCH3 is 2. The average molecular weight is 729 g/mol. The predicted molar refractivity (Wildman–Crippen MR) is 187 cm³/mol. The first-order valence-electron chi connectivity index (χ1n) is 15.9. The van der Waals surface area contributed by atoms with Crippen LogP contribution in [-0.4, -0.2) is 61.4 Å². The summed E-state index contributed by atoms with van der Waals surface area (Å²) in [6.07, 6.45) is 5.07. The molecule has 49 heavy (non-hydrogen) atoms. The number of halogens is 3. The summed E-state index contributed by atoms with van der Waals surface area (Å²) in [5.74, 6) is -0.177. The molecule has 6 rings (SSSR count). The summed E-state index contributed by atoms with van der Waals surface area (Å²) in [5.41, 5.74) is 1.29. The second kappa shape index (κ2) is 15.3. The summed E-state index contributed by atoms with van der Waals surface area (Å²) in [7, 11) is 5.17. The van der Waals surface area contributed by atoms with E-state index >= 15 is 4.39 Å². The average Bonchev–Trinajstić information content (AvgIpc) is 3.64. The zero-order valence-corrected chi connectivity index (χ0v) is 29.6. The lowest BCUT2D eigenvalue weighted by atomic mass is 10.0. The molecule has 0 aliphatic carbocycles. The van der Waals surface area contributed by atoms with Gasteiger partial charge in [0.15, 0.2) is 11.5 Å². The minimum Gasteiger partial charge on any atom is -0.493 e. The molecule has 1 amide bonds. The van der Waals surface area contributed by atoms with Gasteiger partial charge < -0.3 is 23.8 Å². The summed E-state index contributed by atoms with van der Waals surface area (Å²) in [5, 5.41) is 0.668. The molecule has 4 heterocycles. The summed E-state index contributed by atoms with van der Waals surface area (Å²) in [6, 6.07) is 15.4. The number of rotatable bonds is 11. The van der Waals surface area contributed by atoms with Gasteiger partial charge in [-0.2, -0.15) is 0 Å². The quantitative estimate of drug-likeness (QED) is 0.142. The number of carbonyl (C=O) groups is 2. The van der Waals surface area contributed by atoms with Crippen molar-refractivity contribution in [3.05, 3.63) is 104 Å². The Morgan fingerprint density at radius 1 is 1.00 bits per heavy atom. The molecule has 2 saturated heterocycles. The number of esters is 1. The van der Waals surface area contributed by atoms with Crippen molar-refractivity contribution in [2.45, 2.75) is 62.9 Å². The Labute approximate surface area is 298 Å². The van der Waals surface area contributed by atoms with Crippen molar-refractivity contribution in [1.82, 2.24) is 9.88 Å². The Kier molecular flexibility index (Phi) is 10.9. The van der Waals surface area contributed by atoms with Crippen molar-refractivity contribution in [1.29, 1.82) is 0 Å². The van der Waals surface area contributed by atoms with E-state index in [1.807, 2.05) is 0 Å². The minimum absolute atomic E-state index is 0.00146. The molecule has 2 aromatic carbocycles. The highest BCUT2D eigenvalue weighted by atomic mass is 35.5. The van der Waals surface area contributed by atoms with Crippen LogP contribution in [0.25, 0.3) is 0 Å². The van der Waals surface area contributed by atoms with Crippen LogP contribution in [0.5, 0.6) is 11.5 Å². The van der Waals surface area contributed by atoms with Gasteiger partial charge in [-0.3, -0.25) is 9.88 Å². The molecule has 0 spiro atoms. The normalized spacial score (nSPS) is 19.3. The SMILES string of the molecule is COc1ccc([C@H](Cc2c(Cl)cncc2Cl)OC(=O)c2ccc(CN(C(=O)O[C@H]3C[C@H]4CC[C@@H](C3)N4C)c3ccccc3F)s2)cc1OC. The van der Waals surface area contributed by atoms with E-state index in [2.05, 4.69) is 16.9 Å². The molecule has 0 radical (unpaired) electrons. The summed E-state index contributed by atoms with van der Waals surface area (Å²) in [4.78, 5) is 35.9. The number of benzene rings is 2. The predicted octanol–water partition coefficient (Wildman–Crippen LogP) is 8.52. The summed E-state index contributed by atoms with van der Waals surface area (Å²) in [6.45, 7) is -0.00146. The van der Waals surface area contributed by atoms with E-state index in [1.54, 1.807) is 48.5 Å². The van der Waals surface area contributed by atoms with Crippen LogP contribution in [0, 0.1) is 5.82 Å². The van der Waals surface area contributed by atoms with Crippen LogP contribution < -0.4 is 14.4 Å². The molecule has 2 aliphatic heterocycles. The number of thiophene rings is 1. The number of fused-ring (bicyclic) bond motifs is 2. The highest BCUT2D eigenvalue weighted by molar-refractivity contribution is 7.14. The lowest BCUT2D eigenvalue weighted by Crippen LogP contribution is -2.45. The summed E-state index contributed by atoms with van der Waals surface area (Å²) < 4.78 is 38.0. The van der Waals surface area contributed by atoms with Crippen molar-refractivity contribution >= 4 is 52.3 Å². The van der Waals surface area contributed by atoms with Crippen LogP contribution in [0.15, 0.2) is 67.0 Å². The maximum atomic E-state index is 15.1. The molecule has 0 N–H and O–H groups in total. The van der Waals surface area contributed by atoms with E-state index in [-0.39, 0.29) is 24.8 Å². The van der Waals surface area contributed by atoms with Crippen LogP contribution >= 0.6 is 34.5 Å². The number of pyridine rings is 1. The number of nitrogens with zero attached hydrogens (tertiary/aromatic N) is 3. The molecule has 4 atom stereocenters. The lowest BCUT2D eigenvalue weighted by molar-refractivity contribution is 0.0300. The zero-order chi connectivity index (χ0) is 34.7. The number of aromatic nitrogens is 1. The number of hydrogen-bond donors (Lipinski definition) is 0. The second-order valence-electron chi connectivity index (χ2n) is 12.1. The van der Waals surface area contributed by atoms with Gasteiger partial charge in [-0.05, 0) is 67.4 Å². The molecular formula is C36H36Cl2FN3O6S. The Balaban J connectivity index is 1.22. The molecule has 2 bridgehead atoms. The second-order valence-corrected chi connectivity index (χ2v) is 14.1. The van der Waals surface area contributed by atoms with Crippen molar-refractivity contribution in [2.75, 3.05) is 26.2 Å². The number of hydrogen-bond acceptors (Lipinski definition) is 9. The number of carbonyl (C=O) groups excluding carboxylic acids is 2. The molecule has 0 unspecified atom stereocenters. The molecular weight excluding hydrogens is 692 g/mol. The van der Waals surface area contributed by atoms with Gasteiger partial charge in [0.1, 0.15) is 22.9 Å². The van der Waals surface area contributed by atoms with E-state index in [0.29, 0.717) is 54.5 Å². The van der Waals surface area contributed by atoms with Gasteiger partial charge in [0.25, 0.3) is 0 Å². The van der Waals surface area contributed by atoms with Crippen LogP contribution in [0.2, 0.25) is 10.0 Å². The molecule has 9 nitrogen and oxygen atoms in total. The largest absolute Gasteiger partial charge is 0.493 e. The third-order valence-electron chi connectivity index (χ3n) is 9.23. The minimum atomic E-state index is -0.815. The fourth-order valence-electron chi connectivity index (χ4n) is 6.60. The van der Waals surface area contributed by atoms with Crippen molar-refractivity contribution < 1.29 is 32.9 Å². The number of ether oxygens (including phenoxy) is 4. The third kappa shape index (κ3) is 7.80. The fourth-order valence-corrected chi connectivity index (χ4v) is 8.00. The van der Waals surface area contributed by atoms with Crippen molar-refractivity contribution in [2.24, 2.45) is 0 Å². The van der Waals surface area contributed by atoms with Gasteiger partial charge >= 0.3 is 12.1 Å². The number of anilines is 1. The van der Waals surface area contributed by atoms with Crippen molar-refractivity contribution in [3.63, 3.8) is 0 Å². The van der Waals surface area contributed by atoms with E-state index in [0.717, 1.165) is 37.0 Å². The number of amides is 1. The number of para-hydroxylation sites is 1. The molecule has 4 aromatic rings. The Bertz CT molecular complexity index is 1790. The fraction of sp³-hybridized carbons (Fsp3) is 0.361. The van der Waals surface area contributed by atoms with Gasteiger partial charge in [0.05, 0.1) is 36.5 Å². The zero-order valence-electron chi connectivity index (χ0n) is 27.2.